The number of piperidine rings is 1. The van der Waals surface area contributed by atoms with Crippen molar-refractivity contribution in [3.63, 3.8) is 0 Å². The number of nitrogens with zero attached hydrogens (tertiary/aromatic N) is 1. The molecule has 2 nitrogen and oxygen atoms in total. The number of aryl methyl sites for hydroxylation is 2. The number of benzene rings is 2. The van der Waals surface area contributed by atoms with Gasteiger partial charge in [-0.3, -0.25) is 0 Å². The normalized spacial score (nSPS) is 15.0. The Morgan fingerprint density at radius 2 is 1.54 bits per heavy atom. The van der Waals surface area contributed by atoms with Crippen LogP contribution in [-0.2, 0) is 12.8 Å². The van der Waals surface area contributed by atoms with Gasteiger partial charge in [0.15, 0.2) is 0 Å². The quantitative estimate of drug-likeness (QED) is 0.708. The zero-order chi connectivity index (χ0) is 18.6. The van der Waals surface area contributed by atoms with Gasteiger partial charge < -0.3 is 10.2 Å². The second-order valence-corrected chi connectivity index (χ2v) is 6.85. The number of nitrogens with one attached hydrogen (secondary N) is 1. The highest BCUT2D eigenvalue weighted by Crippen LogP contribution is 2.17. The van der Waals surface area contributed by atoms with Crippen molar-refractivity contribution in [2.24, 2.45) is 0 Å². The number of hydrogen-bond donors (Lipinski definition) is 1. The van der Waals surface area contributed by atoms with Crippen LogP contribution in [0.5, 0.6) is 0 Å². The van der Waals surface area contributed by atoms with Gasteiger partial charge in [0.1, 0.15) is 0 Å². The molecule has 0 saturated carbocycles. The second kappa shape index (κ2) is 11.4. The van der Waals surface area contributed by atoms with Gasteiger partial charge >= 0.3 is 0 Å². The van der Waals surface area contributed by atoms with Crippen LogP contribution in [0.3, 0.4) is 0 Å². The molecule has 2 aromatic carbocycles. The SMILES string of the molecule is C#C.CCc1ccccc1CCCN1CCC(Nc2ccccc2)CC1. The minimum atomic E-state index is 0.629. The van der Waals surface area contributed by atoms with Crippen molar-refractivity contribution in [2.75, 3.05) is 25.0 Å². The number of rotatable bonds is 7. The second-order valence-electron chi connectivity index (χ2n) is 6.85. The Hall–Kier alpha value is -2.24. The van der Waals surface area contributed by atoms with Gasteiger partial charge in [-0.25, -0.2) is 0 Å². The van der Waals surface area contributed by atoms with Gasteiger partial charge in [-0.05, 0) is 61.9 Å². The molecule has 2 heteroatoms. The molecule has 1 aliphatic heterocycles. The maximum Gasteiger partial charge on any atom is 0.0342 e. The third kappa shape index (κ3) is 6.24. The van der Waals surface area contributed by atoms with Crippen molar-refractivity contribution >= 4 is 5.69 Å². The third-order valence-electron chi connectivity index (χ3n) is 5.15. The molecule has 0 amide bonds. The van der Waals surface area contributed by atoms with Gasteiger partial charge in [0.05, 0.1) is 0 Å². The Morgan fingerprint density at radius 3 is 2.19 bits per heavy atom. The van der Waals surface area contributed by atoms with Crippen LogP contribution < -0.4 is 5.32 Å². The highest BCUT2D eigenvalue weighted by atomic mass is 15.1. The van der Waals surface area contributed by atoms with E-state index in [0.29, 0.717) is 6.04 Å². The molecular weight excluding hydrogens is 316 g/mol. The Kier molecular flexibility index (Phi) is 8.79. The van der Waals surface area contributed by atoms with Gasteiger partial charge in [-0.1, -0.05) is 49.4 Å². The average molecular weight is 349 g/mol. The summed E-state index contributed by atoms with van der Waals surface area (Å²) in [5, 5.41) is 3.67. The standard InChI is InChI=1S/C22H30N2.C2H2/c1-2-19-9-6-7-10-20(19)11-8-16-24-17-14-22(15-18-24)23-21-12-4-3-5-13-21;1-2/h3-7,9-10,12-13,22-23H,2,8,11,14-18H2,1H3;1-2H. The summed E-state index contributed by atoms with van der Waals surface area (Å²) < 4.78 is 0. The molecule has 0 aliphatic carbocycles. The molecule has 138 valence electrons. The lowest BCUT2D eigenvalue weighted by molar-refractivity contribution is 0.217. The van der Waals surface area contributed by atoms with E-state index in [1.807, 2.05) is 0 Å². The van der Waals surface area contributed by atoms with E-state index in [1.165, 1.54) is 56.6 Å². The van der Waals surface area contributed by atoms with Crippen LogP contribution in [0.4, 0.5) is 5.69 Å². The molecule has 0 atom stereocenters. The van der Waals surface area contributed by atoms with Crippen molar-refractivity contribution in [1.29, 1.82) is 0 Å². The molecule has 3 rings (SSSR count). The predicted octanol–water partition coefficient (Wildman–Crippen LogP) is 5.01. The van der Waals surface area contributed by atoms with Crippen LogP contribution >= 0.6 is 0 Å². The molecule has 0 spiro atoms. The molecule has 0 radical (unpaired) electrons. The number of terminal acetylenes is 1. The van der Waals surface area contributed by atoms with Gasteiger partial charge in [0.2, 0.25) is 0 Å². The molecule has 0 unspecified atom stereocenters. The minimum Gasteiger partial charge on any atom is -0.382 e. The van der Waals surface area contributed by atoms with E-state index in [9.17, 15) is 0 Å². The number of hydrogen-bond acceptors (Lipinski definition) is 2. The van der Waals surface area contributed by atoms with Gasteiger partial charge in [-0.2, -0.15) is 0 Å². The highest BCUT2D eigenvalue weighted by molar-refractivity contribution is 5.43. The van der Waals surface area contributed by atoms with Crippen LogP contribution in [0.2, 0.25) is 0 Å². The minimum absolute atomic E-state index is 0.629. The van der Waals surface area contributed by atoms with E-state index in [0.717, 1.165) is 6.42 Å². The molecule has 2 aromatic rings. The molecule has 1 fully saturated rings. The molecule has 1 aliphatic rings. The summed E-state index contributed by atoms with van der Waals surface area (Å²) in [6.45, 7) is 5.93. The van der Waals surface area contributed by atoms with Gasteiger partial charge in [0.25, 0.3) is 0 Å². The fourth-order valence-corrected chi connectivity index (χ4v) is 3.71. The number of likely N-dealkylation sites (tertiary alicyclic amines) is 1. The van der Waals surface area contributed by atoms with Crippen LogP contribution in [-0.4, -0.2) is 30.6 Å². The van der Waals surface area contributed by atoms with Gasteiger partial charge in [-0.15, -0.1) is 12.8 Å². The van der Waals surface area contributed by atoms with Crippen molar-refractivity contribution < 1.29 is 0 Å². The largest absolute Gasteiger partial charge is 0.382 e. The van der Waals surface area contributed by atoms with Crippen molar-refractivity contribution in [2.45, 2.75) is 45.1 Å². The monoisotopic (exact) mass is 348 g/mol. The maximum atomic E-state index is 4.00. The maximum absolute atomic E-state index is 4.00. The first-order chi connectivity index (χ1) is 12.8. The first kappa shape index (κ1) is 20.1. The predicted molar refractivity (Wildman–Crippen MR) is 114 cm³/mol. The fourth-order valence-electron chi connectivity index (χ4n) is 3.71. The number of para-hydroxylation sites is 1. The Bertz CT molecular complexity index is 640. The van der Waals surface area contributed by atoms with Crippen molar-refractivity contribution in [1.82, 2.24) is 4.90 Å². The molecule has 0 bridgehead atoms. The first-order valence-electron chi connectivity index (χ1n) is 9.79. The highest BCUT2D eigenvalue weighted by Gasteiger charge is 2.18. The average Bonchev–Trinajstić information content (AvgIpc) is 2.72. The van der Waals surface area contributed by atoms with Crippen LogP contribution in [0, 0.1) is 12.8 Å². The summed E-state index contributed by atoms with van der Waals surface area (Å²) in [5.41, 5.74) is 4.32. The molecule has 1 heterocycles. The van der Waals surface area contributed by atoms with E-state index in [1.54, 1.807) is 5.56 Å². The molecule has 0 aromatic heterocycles. The van der Waals surface area contributed by atoms with E-state index in [2.05, 4.69) is 84.6 Å². The topological polar surface area (TPSA) is 15.3 Å². The van der Waals surface area contributed by atoms with Crippen molar-refractivity contribution in [3.8, 4) is 12.8 Å². The van der Waals surface area contributed by atoms with Crippen LogP contribution in [0.25, 0.3) is 0 Å². The first-order valence-corrected chi connectivity index (χ1v) is 9.79. The van der Waals surface area contributed by atoms with Gasteiger partial charge in [0, 0.05) is 24.8 Å². The van der Waals surface area contributed by atoms with E-state index < -0.39 is 0 Å². The summed E-state index contributed by atoms with van der Waals surface area (Å²) in [7, 11) is 0. The zero-order valence-corrected chi connectivity index (χ0v) is 16.0. The summed E-state index contributed by atoms with van der Waals surface area (Å²) in [6.07, 6.45) is 14.1. The third-order valence-corrected chi connectivity index (χ3v) is 5.15. The molecule has 1 N–H and O–H groups in total. The summed E-state index contributed by atoms with van der Waals surface area (Å²) in [4.78, 5) is 2.64. The Balaban J connectivity index is 0.00000117. The van der Waals surface area contributed by atoms with Crippen LogP contribution in [0.15, 0.2) is 54.6 Å². The van der Waals surface area contributed by atoms with E-state index in [-0.39, 0.29) is 0 Å². The summed E-state index contributed by atoms with van der Waals surface area (Å²) in [6, 6.07) is 20.1. The molecule has 1 saturated heterocycles. The molecular formula is C24H32N2. The Morgan fingerprint density at radius 1 is 0.923 bits per heavy atom. The number of anilines is 1. The lowest BCUT2D eigenvalue weighted by Crippen LogP contribution is -2.39. The summed E-state index contributed by atoms with van der Waals surface area (Å²) in [5.74, 6) is 0. The smallest absolute Gasteiger partial charge is 0.0342 e. The Labute approximate surface area is 159 Å². The van der Waals surface area contributed by atoms with Crippen LogP contribution in [0.1, 0.15) is 37.3 Å². The van der Waals surface area contributed by atoms with E-state index >= 15 is 0 Å². The lowest BCUT2D eigenvalue weighted by atomic mass is 10.00. The van der Waals surface area contributed by atoms with E-state index in [4.69, 9.17) is 0 Å². The summed E-state index contributed by atoms with van der Waals surface area (Å²) >= 11 is 0. The lowest BCUT2D eigenvalue weighted by Gasteiger charge is -2.33. The fraction of sp³-hybridized carbons (Fsp3) is 0.417. The zero-order valence-electron chi connectivity index (χ0n) is 16.0. The molecule has 26 heavy (non-hydrogen) atoms. The van der Waals surface area contributed by atoms with Crippen molar-refractivity contribution in [3.05, 3.63) is 65.7 Å².